The summed E-state index contributed by atoms with van der Waals surface area (Å²) in [6.45, 7) is 6.35. The Bertz CT molecular complexity index is 719. The van der Waals surface area contributed by atoms with Crippen molar-refractivity contribution < 1.29 is 0 Å². The van der Waals surface area contributed by atoms with Crippen LogP contribution in [0.25, 0.3) is 0 Å². The molecule has 5 nitrogen and oxygen atoms in total. The molecule has 2 N–H and O–H groups in total. The van der Waals surface area contributed by atoms with Gasteiger partial charge in [0.25, 0.3) is 0 Å². The average Bonchev–Trinajstić information content (AvgIpc) is 2.57. The van der Waals surface area contributed by atoms with E-state index < -0.39 is 0 Å². The van der Waals surface area contributed by atoms with Crippen molar-refractivity contribution in [3.05, 3.63) is 66.1 Å². The van der Waals surface area contributed by atoms with Crippen LogP contribution >= 0.6 is 0 Å². The molecule has 2 rings (SSSR count). The SMILES string of the molecule is C=NC(/C=C(\C)N(C)Cc1cccnc1)=Nc1ccccc1N. The molecule has 0 bridgehead atoms. The van der Waals surface area contributed by atoms with Gasteiger partial charge in [-0.1, -0.05) is 18.2 Å². The second-order valence-electron chi connectivity index (χ2n) is 5.19. The summed E-state index contributed by atoms with van der Waals surface area (Å²) in [4.78, 5) is 14.7. The van der Waals surface area contributed by atoms with Crippen molar-refractivity contribution in [2.45, 2.75) is 13.5 Å². The molecule has 5 heteroatoms. The minimum absolute atomic E-state index is 0.526. The Labute approximate surface area is 136 Å². The zero-order valence-corrected chi connectivity index (χ0v) is 13.5. The van der Waals surface area contributed by atoms with E-state index in [4.69, 9.17) is 5.73 Å². The van der Waals surface area contributed by atoms with Gasteiger partial charge < -0.3 is 10.6 Å². The minimum Gasteiger partial charge on any atom is -0.397 e. The zero-order valence-electron chi connectivity index (χ0n) is 13.5. The number of para-hydroxylation sites is 2. The highest BCUT2D eigenvalue weighted by atomic mass is 15.1. The number of nitrogen functional groups attached to an aromatic ring is 1. The summed E-state index contributed by atoms with van der Waals surface area (Å²) in [7, 11) is 2.01. The average molecular weight is 307 g/mol. The number of benzene rings is 1. The topological polar surface area (TPSA) is 66.9 Å². The zero-order chi connectivity index (χ0) is 16.7. The van der Waals surface area contributed by atoms with Crippen molar-refractivity contribution in [2.75, 3.05) is 12.8 Å². The monoisotopic (exact) mass is 307 g/mol. The fraction of sp³-hybridized carbons (Fsp3) is 0.167. The lowest BCUT2D eigenvalue weighted by Crippen LogP contribution is -2.16. The number of rotatable bonds is 5. The summed E-state index contributed by atoms with van der Waals surface area (Å²) in [5.74, 6) is 0.526. The van der Waals surface area contributed by atoms with Crippen LogP contribution in [0.2, 0.25) is 0 Å². The van der Waals surface area contributed by atoms with Gasteiger partial charge in [-0.2, -0.15) is 0 Å². The van der Waals surface area contributed by atoms with Gasteiger partial charge in [0.2, 0.25) is 0 Å². The largest absolute Gasteiger partial charge is 0.397 e. The van der Waals surface area contributed by atoms with E-state index in [0.29, 0.717) is 17.2 Å². The van der Waals surface area contributed by atoms with Gasteiger partial charge in [-0.25, -0.2) is 9.98 Å². The standard InChI is InChI=1S/C18H21N5/c1-14(23(3)13-15-7-6-10-21-12-15)11-18(20-2)22-17-9-5-4-8-16(17)19/h4-12H,2,13,19H2,1,3H3/b14-11+,22-18?. The lowest BCUT2D eigenvalue weighted by molar-refractivity contribution is 0.412. The molecule has 23 heavy (non-hydrogen) atoms. The Morgan fingerprint density at radius 1 is 1.30 bits per heavy atom. The van der Waals surface area contributed by atoms with Crippen LogP contribution < -0.4 is 5.73 Å². The van der Waals surface area contributed by atoms with Crippen molar-refractivity contribution in [3.63, 3.8) is 0 Å². The van der Waals surface area contributed by atoms with Gasteiger partial charge >= 0.3 is 0 Å². The van der Waals surface area contributed by atoms with Crippen LogP contribution in [0.5, 0.6) is 0 Å². The molecule has 0 aliphatic carbocycles. The van der Waals surface area contributed by atoms with E-state index in [1.165, 1.54) is 0 Å². The van der Waals surface area contributed by atoms with E-state index in [0.717, 1.165) is 17.8 Å². The van der Waals surface area contributed by atoms with Gasteiger partial charge in [0, 0.05) is 37.8 Å². The van der Waals surface area contributed by atoms with Gasteiger partial charge in [0.1, 0.15) is 0 Å². The van der Waals surface area contributed by atoms with Gasteiger partial charge in [0.15, 0.2) is 5.84 Å². The summed E-state index contributed by atoms with van der Waals surface area (Å²) >= 11 is 0. The molecule has 0 spiro atoms. The van der Waals surface area contributed by atoms with Crippen molar-refractivity contribution >= 4 is 23.9 Å². The molecule has 0 aliphatic rings. The van der Waals surface area contributed by atoms with Crippen LogP contribution in [0.3, 0.4) is 0 Å². The van der Waals surface area contributed by atoms with Crippen molar-refractivity contribution in [2.24, 2.45) is 9.98 Å². The van der Waals surface area contributed by atoms with E-state index in [-0.39, 0.29) is 0 Å². The Morgan fingerprint density at radius 2 is 2.09 bits per heavy atom. The van der Waals surface area contributed by atoms with Crippen molar-refractivity contribution in [1.82, 2.24) is 9.88 Å². The number of hydrogen-bond acceptors (Lipinski definition) is 4. The number of hydrogen-bond donors (Lipinski definition) is 1. The molecular formula is C18H21N5. The molecule has 1 aromatic carbocycles. The fourth-order valence-corrected chi connectivity index (χ4v) is 2.01. The normalized spacial score (nSPS) is 12.1. The molecule has 0 aliphatic heterocycles. The predicted octanol–water partition coefficient (Wildman–Crippen LogP) is 3.43. The maximum Gasteiger partial charge on any atom is 0.153 e. The molecule has 0 radical (unpaired) electrons. The fourth-order valence-electron chi connectivity index (χ4n) is 2.01. The number of aliphatic imine (C=N–C) groups is 2. The Balaban J connectivity index is 2.17. The first-order valence-corrected chi connectivity index (χ1v) is 7.28. The Kier molecular flexibility index (Phi) is 5.63. The van der Waals surface area contributed by atoms with Crippen molar-refractivity contribution in [3.8, 4) is 0 Å². The summed E-state index contributed by atoms with van der Waals surface area (Å²) < 4.78 is 0. The number of pyridine rings is 1. The molecule has 0 unspecified atom stereocenters. The number of anilines is 1. The van der Waals surface area contributed by atoms with Crippen LogP contribution in [0.15, 0.2) is 70.5 Å². The summed E-state index contributed by atoms with van der Waals surface area (Å²) in [5.41, 5.74) is 9.37. The number of nitrogens with two attached hydrogens (primary N) is 1. The molecule has 0 saturated heterocycles. The summed E-state index contributed by atoms with van der Waals surface area (Å²) in [6.07, 6.45) is 5.51. The number of amidine groups is 1. The predicted molar refractivity (Wildman–Crippen MR) is 97.0 cm³/mol. The quantitative estimate of drug-likeness (QED) is 0.523. The van der Waals surface area contributed by atoms with E-state index >= 15 is 0 Å². The highest BCUT2D eigenvalue weighted by Crippen LogP contribution is 2.21. The third kappa shape index (κ3) is 4.78. The van der Waals surface area contributed by atoms with Crippen LogP contribution in [0, 0.1) is 0 Å². The second kappa shape index (κ2) is 7.89. The highest BCUT2D eigenvalue weighted by molar-refractivity contribution is 5.98. The summed E-state index contributed by atoms with van der Waals surface area (Å²) in [5, 5.41) is 0. The molecule has 0 atom stereocenters. The highest BCUT2D eigenvalue weighted by Gasteiger charge is 2.03. The lowest BCUT2D eigenvalue weighted by atomic mass is 10.2. The molecule has 0 fully saturated rings. The van der Waals surface area contributed by atoms with E-state index in [9.17, 15) is 0 Å². The molecule has 1 heterocycles. The smallest absolute Gasteiger partial charge is 0.153 e. The van der Waals surface area contributed by atoms with Crippen LogP contribution in [0.1, 0.15) is 12.5 Å². The number of aromatic nitrogens is 1. The van der Waals surface area contributed by atoms with Gasteiger partial charge in [-0.3, -0.25) is 4.98 Å². The Hall–Kier alpha value is -2.95. The molecule has 0 saturated carbocycles. The van der Waals surface area contributed by atoms with E-state index in [1.54, 1.807) is 6.20 Å². The van der Waals surface area contributed by atoms with Crippen molar-refractivity contribution in [1.29, 1.82) is 0 Å². The molecule has 2 aromatic rings. The number of allylic oxidation sites excluding steroid dienone is 1. The Morgan fingerprint density at radius 3 is 2.74 bits per heavy atom. The van der Waals surface area contributed by atoms with Gasteiger partial charge in [-0.15, -0.1) is 0 Å². The van der Waals surface area contributed by atoms with Gasteiger partial charge in [0.05, 0.1) is 11.4 Å². The first-order valence-electron chi connectivity index (χ1n) is 7.28. The third-order valence-corrected chi connectivity index (χ3v) is 3.42. The minimum atomic E-state index is 0.526. The van der Waals surface area contributed by atoms with Crippen LogP contribution in [-0.4, -0.2) is 29.5 Å². The first kappa shape index (κ1) is 16.4. The van der Waals surface area contributed by atoms with Gasteiger partial charge in [-0.05, 0) is 37.4 Å². The van der Waals surface area contributed by atoms with Crippen LogP contribution in [0.4, 0.5) is 11.4 Å². The van der Waals surface area contributed by atoms with E-state index in [1.807, 2.05) is 62.6 Å². The lowest BCUT2D eigenvalue weighted by Gasteiger charge is -2.19. The third-order valence-electron chi connectivity index (χ3n) is 3.42. The summed E-state index contributed by atoms with van der Waals surface area (Å²) in [6, 6.07) is 11.4. The maximum absolute atomic E-state index is 5.91. The molecule has 1 aromatic heterocycles. The van der Waals surface area contributed by atoms with Crippen LogP contribution in [-0.2, 0) is 6.54 Å². The molecule has 118 valence electrons. The van der Waals surface area contributed by atoms with E-state index in [2.05, 4.69) is 26.6 Å². The number of nitrogens with zero attached hydrogens (tertiary/aromatic N) is 4. The first-order chi connectivity index (χ1) is 11.1. The molecular weight excluding hydrogens is 286 g/mol. The molecule has 0 amide bonds. The maximum atomic E-state index is 5.91. The second-order valence-corrected chi connectivity index (χ2v) is 5.19.